The van der Waals surface area contributed by atoms with E-state index in [0.29, 0.717) is 24.2 Å². The van der Waals surface area contributed by atoms with Crippen molar-refractivity contribution in [3.63, 3.8) is 0 Å². The predicted octanol–water partition coefficient (Wildman–Crippen LogP) is 2.98. The number of urea groups is 1. The van der Waals surface area contributed by atoms with Gasteiger partial charge in [-0.1, -0.05) is 0 Å². The molecule has 23 heavy (non-hydrogen) atoms. The normalized spacial score (nSPS) is 18.8. The third-order valence-corrected chi connectivity index (χ3v) is 4.23. The summed E-state index contributed by atoms with van der Waals surface area (Å²) in [5.74, 6) is 0. The Labute approximate surface area is 135 Å². The number of nitro groups is 1. The van der Waals surface area contributed by atoms with Crippen LogP contribution in [0.1, 0.15) is 37.3 Å². The van der Waals surface area contributed by atoms with Crippen molar-refractivity contribution in [2.45, 2.75) is 52.2 Å². The molecule has 2 atom stereocenters. The molecule has 7 heteroatoms. The molecule has 2 amide bonds. The third-order valence-electron chi connectivity index (χ3n) is 4.23. The van der Waals surface area contributed by atoms with Crippen LogP contribution in [0, 0.1) is 24.0 Å². The highest BCUT2D eigenvalue weighted by molar-refractivity contribution is 5.91. The van der Waals surface area contributed by atoms with Gasteiger partial charge in [-0.05, 0) is 51.7 Å². The Balaban J connectivity index is 2.16. The second-order valence-corrected chi connectivity index (χ2v) is 6.22. The number of benzene rings is 1. The van der Waals surface area contributed by atoms with Gasteiger partial charge in [0.05, 0.1) is 16.7 Å². The summed E-state index contributed by atoms with van der Waals surface area (Å²) in [6, 6.07) is 2.85. The monoisotopic (exact) mass is 321 g/mol. The first-order chi connectivity index (χ1) is 10.8. The summed E-state index contributed by atoms with van der Waals surface area (Å²) in [6.07, 6.45) is 1.85. The zero-order chi connectivity index (χ0) is 17.1. The van der Waals surface area contributed by atoms with E-state index in [2.05, 4.69) is 5.32 Å². The zero-order valence-corrected chi connectivity index (χ0v) is 13.7. The van der Waals surface area contributed by atoms with Crippen LogP contribution in [0.3, 0.4) is 0 Å². The lowest BCUT2D eigenvalue weighted by Crippen LogP contribution is -2.40. The van der Waals surface area contributed by atoms with Gasteiger partial charge >= 0.3 is 6.03 Å². The van der Waals surface area contributed by atoms with Crippen molar-refractivity contribution in [1.82, 2.24) is 4.90 Å². The van der Waals surface area contributed by atoms with Crippen LogP contribution in [0.5, 0.6) is 0 Å². The molecule has 1 aliphatic rings. The largest absolute Gasteiger partial charge is 0.393 e. The lowest BCUT2D eigenvalue weighted by atomic mass is 10.1. The van der Waals surface area contributed by atoms with Crippen LogP contribution >= 0.6 is 0 Å². The number of likely N-dealkylation sites (tertiary alicyclic amines) is 1. The maximum atomic E-state index is 12.5. The Morgan fingerprint density at radius 1 is 1.48 bits per heavy atom. The van der Waals surface area contributed by atoms with Crippen LogP contribution in [0.25, 0.3) is 0 Å². The van der Waals surface area contributed by atoms with E-state index in [4.69, 9.17) is 0 Å². The SMILES string of the molecule is Cc1cc(C)c([N+](=O)[O-])cc1NC(=O)N1CCC[C@@H]1C[C@H](C)O. The number of anilines is 1. The van der Waals surface area contributed by atoms with E-state index in [1.54, 1.807) is 24.8 Å². The van der Waals surface area contributed by atoms with E-state index in [9.17, 15) is 20.0 Å². The van der Waals surface area contributed by atoms with Gasteiger partial charge in [0, 0.05) is 24.2 Å². The van der Waals surface area contributed by atoms with Crippen molar-refractivity contribution in [2.24, 2.45) is 0 Å². The minimum atomic E-state index is -0.462. The highest BCUT2D eigenvalue weighted by Crippen LogP contribution is 2.28. The Hall–Kier alpha value is -2.15. The van der Waals surface area contributed by atoms with E-state index in [1.165, 1.54) is 6.07 Å². The molecule has 0 bridgehead atoms. The van der Waals surface area contributed by atoms with E-state index < -0.39 is 11.0 Å². The molecule has 1 aliphatic heterocycles. The summed E-state index contributed by atoms with van der Waals surface area (Å²) < 4.78 is 0. The third kappa shape index (κ3) is 3.98. The van der Waals surface area contributed by atoms with Gasteiger partial charge in [0.15, 0.2) is 0 Å². The molecule has 1 heterocycles. The summed E-state index contributed by atoms with van der Waals surface area (Å²) >= 11 is 0. The average Bonchev–Trinajstić information content (AvgIpc) is 2.88. The summed E-state index contributed by atoms with van der Waals surface area (Å²) in [6.45, 7) is 5.83. The molecule has 1 aromatic rings. The second kappa shape index (κ2) is 6.95. The number of rotatable bonds is 4. The Morgan fingerprint density at radius 3 is 2.78 bits per heavy atom. The van der Waals surface area contributed by atoms with Crippen LogP contribution < -0.4 is 5.32 Å². The van der Waals surface area contributed by atoms with Crippen LogP contribution in [0.15, 0.2) is 12.1 Å². The maximum absolute atomic E-state index is 12.5. The van der Waals surface area contributed by atoms with Gasteiger partial charge in [-0.15, -0.1) is 0 Å². The van der Waals surface area contributed by atoms with Crippen molar-refractivity contribution in [2.75, 3.05) is 11.9 Å². The number of nitro benzene ring substituents is 1. The quantitative estimate of drug-likeness (QED) is 0.658. The molecule has 0 unspecified atom stereocenters. The molecule has 0 radical (unpaired) electrons. The zero-order valence-electron chi connectivity index (χ0n) is 13.7. The van der Waals surface area contributed by atoms with Crippen molar-refractivity contribution >= 4 is 17.4 Å². The summed E-state index contributed by atoms with van der Waals surface area (Å²) in [7, 11) is 0. The lowest BCUT2D eigenvalue weighted by molar-refractivity contribution is -0.385. The predicted molar refractivity (Wildman–Crippen MR) is 87.6 cm³/mol. The number of amides is 2. The van der Waals surface area contributed by atoms with E-state index >= 15 is 0 Å². The average molecular weight is 321 g/mol. The highest BCUT2D eigenvalue weighted by atomic mass is 16.6. The number of nitrogens with one attached hydrogen (secondary N) is 1. The molecule has 0 aromatic heterocycles. The molecular weight excluding hydrogens is 298 g/mol. The minimum absolute atomic E-state index is 0.00662. The molecular formula is C16H23N3O4. The van der Waals surface area contributed by atoms with Crippen LogP contribution in [0.4, 0.5) is 16.2 Å². The molecule has 1 saturated heterocycles. The number of hydrogen-bond acceptors (Lipinski definition) is 4. The van der Waals surface area contributed by atoms with E-state index in [1.807, 2.05) is 6.92 Å². The van der Waals surface area contributed by atoms with Crippen LogP contribution in [0.2, 0.25) is 0 Å². The number of carbonyl (C=O) groups excluding carboxylic acids is 1. The fourth-order valence-electron chi connectivity index (χ4n) is 3.10. The van der Waals surface area contributed by atoms with Gasteiger partial charge in [-0.3, -0.25) is 10.1 Å². The smallest absolute Gasteiger partial charge is 0.322 e. The van der Waals surface area contributed by atoms with Gasteiger partial charge in [0.2, 0.25) is 0 Å². The van der Waals surface area contributed by atoms with Gasteiger partial charge in [-0.25, -0.2) is 4.79 Å². The Kier molecular flexibility index (Phi) is 5.20. The molecule has 0 saturated carbocycles. The van der Waals surface area contributed by atoms with E-state index in [-0.39, 0.29) is 17.8 Å². The minimum Gasteiger partial charge on any atom is -0.393 e. The Morgan fingerprint density at radius 2 is 2.17 bits per heavy atom. The summed E-state index contributed by atoms with van der Waals surface area (Å²) in [5, 5.41) is 23.4. The summed E-state index contributed by atoms with van der Waals surface area (Å²) in [4.78, 5) is 24.8. The molecule has 2 N–H and O–H groups in total. The fourth-order valence-corrected chi connectivity index (χ4v) is 3.10. The van der Waals surface area contributed by atoms with Crippen LogP contribution in [-0.2, 0) is 0 Å². The maximum Gasteiger partial charge on any atom is 0.322 e. The standard InChI is InChI=1S/C16H23N3O4/c1-10-7-11(2)15(19(22)23)9-14(10)17-16(21)18-6-4-5-13(18)8-12(3)20/h7,9,12-13,20H,4-6,8H2,1-3H3,(H,17,21)/t12-,13+/m0/s1. The highest BCUT2D eigenvalue weighted by Gasteiger charge is 2.30. The van der Waals surface area contributed by atoms with Crippen molar-refractivity contribution in [1.29, 1.82) is 0 Å². The molecule has 126 valence electrons. The first-order valence-electron chi connectivity index (χ1n) is 7.81. The molecule has 1 aromatic carbocycles. The number of aliphatic hydroxyl groups is 1. The van der Waals surface area contributed by atoms with Gasteiger partial charge in [-0.2, -0.15) is 0 Å². The first-order valence-corrected chi connectivity index (χ1v) is 7.81. The number of hydrogen-bond donors (Lipinski definition) is 2. The van der Waals surface area contributed by atoms with Gasteiger partial charge < -0.3 is 15.3 Å². The number of aryl methyl sites for hydroxylation is 2. The number of aliphatic hydroxyl groups excluding tert-OH is 1. The molecule has 1 fully saturated rings. The van der Waals surface area contributed by atoms with Gasteiger partial charge in [0.25, 0.3) is 5.69 Å². The van der Waals surface area contributed by atoms with Gasteiger partial charge in [0.1, 0.15) is 0 Å². The molecule has 0 spiro atoms. The van der Waals surface area contributed by atoms with Crippen molar-refractivity contribution < 1.29 is 14.8 Å². The fraction of sp³-hybridized carbons (Fsp3) is 0.562. The molecule has 2 rings (SSSR count). The molecule has 0 aliphatic carbocycles. The Bertz CT molecular complexity index is 616. The summed E-state index contributed by atoms with van der Waals surface area (Å²) in [5.41, 5.74) is 1.80. The van der Waals surface area contributed by atoms with Crippen LogP contribution in [-0.4, -0.2) is 39.7 Å². The number of carbonyl (C=O) groups is 1. The van der Waals surface area contributed by atoms with Crippen molar-refractivity contribution in [3.05, 3.63) is 33.4 Å². The second-order valence-electron chi connectivity index (χ2n) is 6.22. The van der Waals surface area contributed by atoms with Crippen molar-refractivity contribution in [3.8, 4) is 0 Å². The topological polar surface area (TPSA) is 95.7 Å². The molecule has 7 nitrogen and oxygen atoms in total. The first kappa shape index (κ1) is 17.2. The lowest BCUT2D eigenvalue weighted by Gasteiger charge is -2.26. The van der Waals surface area contributed by atoms with E-state index in [0.717, 1.165) is 18.4 Å². The number of nitrogens with zero attached hydrogens (tertiary/aromatic N) is 2.